The van der Waals surface area contributed by atoms with E-state index in [-0.39, 0.29) is 28.7 Å². The molecule has 0 radical (unpaired) electrons. The number of carbonyl (C=O) groups is 1. The van der Waals surface area contributed by atoms with E-state index in [1.165, 1.54) is 4.31 Å². The third kappa shape index (κ3) is 5.93. The molecule has 40 heavy (non-hydrogen) atoms. The van der Waals surface area contributed by atoms with E-state index >= 15 is 0 Å². The van der Waals surface area contributed by atoms with Gasteiger partial charge in [-0.05, 0) is 73.5 Å². The van der Waals surface area contributed by atoms with E-state index in [0.29, 0.717) is 29.7 Å². The van der Waals surface area contributed by atoms with Crippen LogP contribution >= 0.6 is 11.6 Å². The number of sulfonamides is 1. The van der Waals surface area contributed by atoms with Gasteiger partial charge in [0.2, 0.25) is 0 Å². The standard InChI is InChI=1S/C31H29ClN2O5S/c1-21-7-14-26(15-8-21)40(36,37)34(20-23-9-12-25(32)13-10-23)28-6-4-3-5-27(28)31(35)33-22(2)24-11-16-29-30(19-24)39-18-17-38-29/h3-16,19,22H,17-18,20H2,1-2H3,(H,33,35)/t22-/m0/s1. The Kier molecular flexibility index (Phi) is 8.00. The van der Waals surface area contributed by atoms with Gasteiger partial charge in [-0.1, -0.05) is 59.6 Å². The molecule has 1 aliphatic rings. The van der Waals surface area contributed by atoms with E-state index in [2.05, 4.69) is 5.32 Å². The summed E-state index contributed by atoms with van der Waals surface area (Å²) in [6.07, 6.45) is 0. The molecule has 1 aliphatic heterocycles. The molecule has 9 heteroatoms. The lowest BCUT2D eigenvalue weighted by molar-refractivity contribution is 0.0940. The van der Waals surface area contributed by atoms with Gasteiger partial charge in [0, 0.05) is 5.02 Å². The number of aryl methyl sites for hydroxylation is 1. The number of ether oxygens (including phenoxy) is 2. The van der Waals surface area contributed by atoms with Gasteiger partial charge in [0.1, 0.15) is 13.2 Å². The number of halogens is 1. The van der Waals surface area contributed by atoms with Gasteiger partial charge >= 0.3 is 0 Å². The molecular weight excluding hydrogens is 548 g/mol. The van der Waals surface area contributed by atoms with Crippen molar-refractivity contribution >= 4 is 33.2 Å². The molecule has 1 amide bonds. The molecular formula is C31H29ClN2O5S. The Morgan fingerprint density at radius 1 is 0.925 bits per heavy atom. The molecule has 1 atom stereocenters. The SMILES string of the molecule is Cc1ccc(S(=O)(=O)N(Cc2ccc(Cl)cc2)c2ccccc2C(=O)N[C@@H](C)c2ccc3c(c2)OCCO3)cc1. The number of benzene rings is 4. The maximum absolute atomic E-state index is 14.0. The zero-order chi connectivity index (χ0) is 28.3. The first-order valence-corrected chi connectivity index (χ1v) is 14.7. The average Bonchev–Trinajstić information content (AvgIpc) is 2.96. The minimum absolute atomic E-state index is 0.00931. The van der Waals surface area contributed by atoms with Crippen LogP contribution in [0.5, 0.6) is 11.5 Å². The molecule has 0 saturated heterocycles. The third-order valence-corrected chi connectivity index (χ3v) is 8.71. The van der Waals surface area contributed by atoms with Crippen molar-refractivity contribution in [3.63, 3.8) is 0 Å². The molecule has 0 bridgehead atoms. The number of hydrogen-bond donors (Lipinski definition) is 1. The summed E-state index contributed by atoms with van der Waals surface area (Å²) in [6, 6.07) is 25.5. The van der Waals surface area contributed by atoms with Crippen LogP contribution in [0.25, 0.3) is 0 Å². The molecule has 0 aromatic heterocycles. The number of rotatable bonds is 8. The Balaban J connectivity index is 1.49. The van der Waals surface area contributed by atoms with Crippen molar-refractivity contribution in [1.82, 2.24) is 5.32 Å². The average molecular weight is 577 g/mol. The van der Waals surface area contributed by atoms with Crippen molar-refractivity contribution in [3.05, 3.63) is 118 Å². The summed E-state index contributed by atoms with van der Waals surface area (Å²) in [5, 5.41) is 3.56. The van der Waals surface area contributed by atoms with Crippen LogP contribution in [0.1, 0.15) is 40.0 Å². The quantitative estimate of drug-likeness (QED) is 0.266. The third-order valence-electron chi connectivity index (χ3n) is 6.68. The smallest absolute Gasteiger partial charge is 0.264 e. The van der Waals surface area contributed by atoms with Crippen LogP contribution in [0.2, 0.25) is 5.02 Å². The predicted octanol–water partition coefficient (Wildman–Crippen LogP) is 6.31. The van der Waals surface area contributed by atoms with E-state index in [1.54, 1.807) is 72.8 Å². The van der Waals surface area contributed by atoms with Gasteiger partial charge in [-0.2, -0.15) is 0 Å². The highest BCUT2D eigenvalue weighted by Crippen LogP contribution is 2.34. The van der Waals surface area contributed by atoms with Crippen molar-refractivity contribution in [2.45, 2.75) is 31.3 Å². The second-order valence-corrected chi connectivity index (χ2v) is 11.9. The summed E-state index contributed by atoms with van der Waals surface area (Å²) in [7, 11) is -4.04. The number of fused-ring (bicyclic) bond motifs is 1. The van der Waals surface area contributed by atoms with Crippen LogP contribution in [-0.4, -0.2) is 27.5 Å². The molecule has 0 fully saturated rings. The molecule has 0 aliphatic carbocycles. The fourth-order valence-electron chi connectivity index (χ4n) is 4.46. The monoisotopic (exact) mass is 576 g/mol. The summed E-state index contributed by atoms with van der Waals surface area (Å²) in [5.41, 5.74) is 3.00. The summed E-state index contributed by atoms with van der Waals surface area (Å²) in [4.78, 5) is 13.8. The van der Waals surface area contributed by atoms with Gasteiger partial charge in [0.25, 0.3) is 15.9 Å². The van der Waals surface area contributed by atoms with Gasteiger partial charge in [-0.25, -0.2) is 8.42 Å². The molecule has 7 nitrogen and oxygen atoms in total. The number of anilines is 1. The fraction of sp³-hybridized carbons (Fsp3) is 0.194. The van der Waals surface area contributed by atoms with E-state index in [9.17, 15) is 13.2 Å². The molecule has 0 spiro atoms. The van der Waals surface area contributed by atoms with Gasteiger partial charge in [-0.3, -0.25) is 9.10 Å². The largest absolute Gasteiger partial charge is 0.486 e. The molecule has 1 heterocycles. The van der Waals surface area contributed by atoms with Crippen molar-refractivity contribution < 1.29 is 22.7 Å². The Morgan fingerprint density at radius 2 is 1.60 bits per heavy atom. The zero-order valence-electron chi connectivity index (χ0n) is 22.1. The van der Waals surface area contributed by atoms with E-state index in [4.69, 9.17) is 21.1 Å². The van der Waals surface area contributed by atoms with Crippen molar-refractivity contribution in [1.29, 1.82) is 0 Å². The summed E-state index contributed by atoms with van der Waals surface area (Å²) >= 11 is 6.07. The van der Waals surface area contributed by atoms with Gasteiger partial charge in [-0.15, -0.1) is 0 Å². The maximum Gasteiger partial charge on any atom is 0.264 e. The summed E-state index contributed by atoms with van der Waals surface area (Å²) < 4.78 is 40.6. The maximum atomic E-state index is 14.0. The highest BCUT2D eigenvalue weighted by atomic mass is 35.5. The number of nitrogens with one attached hydrogen (secondary N) is 1. The van der Waals surface area contributed by atoms with Crippen LogP contribution < -0.4 is 19.1 Å². The Bertz CT molecular complexity index is 1620. The van der Waals surface area contributed by atoms with Crippen LogP contribution in [0, 0.1) is 6.92 Å². The minimum atomic E-state index is -4.04. The zero-order valence-corrected chi connectivity index (χ0v) is 23.7. The number of amides is 1. The number of hydrogen-bond acceptors (Lipinski definition) is 5. The second kappa shape index (κ2) is 11.6. The molecule has 5 rings (SSSR count). The number of para-hydroxylation sites is 1. The van der Waals surface area contributed by atoms with Crippen LogP contribution in [-0.2, 0) is 16.6 Å². The molecule has 206 valence electrons. The van der Waals surface area contributed by atoms with Gasteiger partial charge in [0.15, 0.2) is 11.5 Å². The molecule has 4 aromatic carbocycles. The Labute approximate surface area is 239 Å². The van der Waals surface area contributed by atoms with Crippen molar-refractivity contribution in [2.75, 3.05) is 17.5 Å². The van der Waals surface area contributed by atoms with Crippen LogP contribution in [0.3, 0.4) is 0 Å². The molecule has 0 saturated carbocycles. The second-order valence-electron chi connectivity index (χ2n) is 9.57. The van der Waals surface area contributed by atoms with E-state index < -0.39 is 15.9 Å². The molecule has 4 aromatic rings. The fourth-order valence-corrected chi connectivity index (χ4v) is 6.06. The first-order chi connectivity index (χ1) is 19.2. The van der Waals surface area contributed by atoms with Gasteiger partial charge in [0.05, 0.1) is 28.7 Å². The predicted molar refractivity (Wildman–Crippen MR) is 156 cm³/mol. The Hall–Kier alpha value is -4.01. The summed E-state index contributed by atoms with van der Waals surface area (Å²) in [5.74, 6) is 0.889. The lowest BCUT2D eigenvalue weighted by Gasteiger charge is -2.27. The van der Waals surface area contributed by atoms with Gasteiger partial charge < -0.3 is 14.8 Å². The van der Waals surface area contributed by atoms with E-state index in [1.807, 2.05) is 32.0 Å². The number of carbonyl (C=O) groups excluding carboxylic acids is 1. The normalized spacial score (nSPS) is 13.4. The highest BCUT2D eigenvalue weighted by molar-refractivity contribution is 7.92. The summed E-state index contributed by atoms with van der Waals surface area (Å²) in [6.45, 7) is 4.72. The van der Waals surface area contributed by atoms with Crippen molar-refractivity contribution in [3.8, 4) is 11.5 Å². The first-order valence-electron chi connectivity index (χ1n) is 12.9. The first kappa shape index (κ1) is 27.6. The topological polar surface area (TPSA) is 84.9 Å². The lowest BCUT2D eigenvalue weighted by atomic mass is 10.1. The van der Waals surface area contributed by atoms with E-state index in [0.717, 1.165) is 16.7 Å². The molecule has 0 unspecified atom stereocenters. The Morgan fingerprint density at radius 3 is 2.33 bits per heavy atom. The molecule has 1 N–H and O–H groups in total. The highest BCUT2D eigenvalue weighted by Gasteiger charge is 2.29. The minimum Gasteiger partial charge on any atom is -0.486 e. The van der Waals surface area contributed by atoms with Crippen LogP contribution in [0.4, 0.5) is 5.69 Å². The van der Waals surface area contributed by atoms with Crippen molar-refractivity contribution in [2.24, 2.45) is 0 Å². The lowest BCUT2D eigenvalue weighted by Crippen LogP contribution is -2.34. The van der Waals surface area contributed by atoms with Crippen LogP contribution in [0.15, 0.2) is 95.9 Å². The number of nitrogens with zero attached hydrogens (tertiary/aromatic N) is 1.